The van der Waals surface area contributed by atoms with Gasteiger partial charge in [0.15, 0.2) is 17.5 Å². The number of fused-ring (bicyclic) bond motifs is 1. The number of halogens is 1. The van der Waals surface area contributed by atoms with Crippen LogP contribution in [-0.2, 0) is 17.7 Å². The van der Waals surface area contributed by atoms with Gasteiger partial charge in [-0.05, 0) is 48.7 Å². The molecule has 0 atom stereocenters. The molecular weight excluding hydrogens is 399 g/mol. The second-order valence-electron chi connectivity index (χ2n) is 7.44. The van der Waals surface area contributed by atoms with Gasteiger partial charge in [0, 0.05) is 26.2 Å². The van der Waals surface area contributed by atoms with Gasteiger partial charge in [-0.3, -0.25) is 0 Å². The maximum Gasteiger partial charge on any atom is 0.231 e. The number of benzene rings is 2. The lowest BCUT2D eigenvalue weighted by molar-refractivity contribution is 0.122. The molecule has 0 radical (unpaired) electrons. The summed E-state index contributed by atoms with van der Waals surface area (Å²) in [5.74, 6) is 2.08. The van der Waals surface area contributed by atoms with Crippen LogP contribution in [0.3, 0.4) is 0 Å². The molecule has 2 heterocycles. The summed E-state index contributed by atoms with van der Waals surface area (Å²) >= 11 is 0. The molecule has 2 aliphatic heterocycles. The molecular formula is C23H29FN4O3. The van der Waals surface area contributed by atoms with Crippen molar-refractivity contribution in [3.63, 3.8) is 0 Å². The molecule has 0 unspecified atom stereocenters. The number of hydrogen-bond donors (Lipinski definition) is 2. The molecule has 0 aromatic heterocycles. The minimum atomic E-state index is -0.213. The lowest BCUT2D eigenvalue weighted by Gasteiger charge is -2.29. The third-order valence-corrected chi connectivity index (χ3v) is 5.27. The van der Waals surface area contributed by atoms with Crippen molar-refractivity contribution in [2.45, 2.75) is 19.9 Å². The van der Waals surface area contributed by atoms with Crippen molar-refractivity contribution in [1.82, 2.24) is 10.6 Å². The van der Waals surface area contributed by atoms with Crippen LogP contribution in [0.1, 0.15) is 18.1 Å². The Morgan fingerprint density at radius 3 is 2.65 bits per heavy atom. The number of aliphatic imine (C=N–C) groups is 1. The molecule has 4 rings (SSSR count). The summed E-state index contributed by atoms with van der Waals surface area (Å²) in [5, 5.41) is 6.57. The van der Waals surface area contributed by atoms with Gasteiger partial charge < -0.3 is 29.7 Å². The van der Waals surface area contributed by atoms with Crippen molar-refractivity contribution in [1.29, 1.82) is 0 Å². The maximum absolute atomic E-state index is 14.6. The van der Waals surface area contributed by atoms with E-state index in [1.165, 1.54) is 0 Å². The minimum absolute atomic E-state index is 0.213. The largest absolute Gasteiger partial charge is 0.454 e. The van der Waals surface area contributed by atoms with Gasteiger partial charge >= 0.3 is 0 Å². The minimum Gasteiger partial charge on any atom is -0.454 e. The first-order valence-corrected chi connectivity index (χ1v) is 10.7. The average molecular weight is 429 g/mol. The Morgan fingerprint density at radius 2 is 1.84 bits per heavy atom. The molecule has 2 N–H and O–H groups in total. The molecule has 2 aromatic carbocycles. The molecule has 166 valence electrons. The van der Waals surface area contributed by atoms with E-state index in [0.29, 0.717) is 44.5 Å². The molecule has 1 fully saturated rings. The van der Waals surface area contributed by atoms with Crippen molar-refractivity contribution in [3.8, 4) is 11.5 Å². The van der Waals surface area contributed by atoms with Crippen molar-refractivity contribution < 1.29 is 18.6 Å². The molecule has 0 aliphatic carbocycles. The van der Waals surface area contributed by atoms with Crippen LogP contribution in [0.2, 0.25) is 0 Å². The SMILES string of the molecule is CCNC(=NCc1ccc(N2CCOCC2)c(F)c1)NCCc1ccc2c(c1)OCO2. The Labute approximate surface area is 182 Å². The highest BCUT2D eigenvalue weighted by atomic mass is 19.1. The fraction of sp³-hybridized carbons (Fsp3) is 0.435. The summed E-state index contributed by atoms with van der Waals surface area (Å²) in [6.45, 7) is 6.87. The monoisotopic (exact) mass is 428 g/mol. The normalized spacial score (nSPS) is 15.8. The van der Waals surface area contributed by atoms with Crippen LogP contribution < -0.4 is 25.0 Å². The fourth-order valence-corrected chi connectivity index (χ4v) is 3.64. The van der Waals surface area contributed by atoms with E-state index in [-0.39, 0.29) is 12.6 Å². The van der Waals surface area contributed by atoms with Crippen molar-refractivity contribution in [3.05, 3.63) is 53.3 Å². The van der Waals surface area contributed by atoms with Crippen LogP contribution in [0.4, 0.5) is 10.1 Å². The highest BCUT2D eigenvalue weighted by Crippen LogP contribution is 2.32. The quantitative estimate of drug-likeness (QED) is 0.522. The van der Waals surface area contributed by atoms with E-state index < -0.39 is 0 Å². The summed E-state index contributed by atoms with van der Waals surface area (Å²) in [5.41, 5.74) is 2.63. The number of anilines is 1. The molecule has 2 aromatic rings. The molecule has 2 aliphatic rings. The molecule has 0 bridgehead atoms. The van der Waals surface area contributed by atoms with Gasteiger partial charge in [0.2, 0.25) is 6.79 Å². The van der Waals surface area contributed by atoms with Crippen LogP contribution in [0.25, 0.3) is 0 Å². The first-order valence-electron chi connectivity index (χ1n) is 10.7. The third-order valence-electron chi connectivity index (χ3n) is 5.27. The van der Waals surface area contributed by atoms with E-state index in [1.54, 1.807) is 6.07 Å². The molecule has 7 nitrogen and oxygen atoms in total. The Balaban J connectivity index is 1.32. The standard InChI is InChI=1S/C23H29FN4O3/c1-2-25-23(26-8-7-17-4-6-21-22(14-17)31-16-30-21)27-15-18-3-5-20(19(24)13-18)28-9-11-29-12-10-28/h3-6,13-14H,2,7-12,15-16H2,1H3,(H2,25,26,27). The van der Waals surface area contributed by atoms with Gasteiger partial charge in [0.05, 0.1) is 25.4 Å². The Kier molecular flexibility index (Phi) is 7.09. The predicted molar refractivity (Wildman–Crippen MR) is 119 cm³/mol. The van der Waals surface area contributed by atoms with Gasteiger partial charge in [-0.25, -0.2) is 9.38 Å². The lowest BCUT2D eigenvalue weighted by Crippen LogP contribution is -2.38. The molecule has 0 saturated carbocycles. The Morgan fingerprint density at radius 1 is 1.03 bits per heavy atom. The van der Waals surface area contributed by atoms with E-state index in [4.69, 9.17) is 14.2 Å². The number of rotatable bonds is 7. The first-order chi connectivity index (χ1) is 15.2. The van der Waals surface area contributed by atoms with Gasteiger partial charge in [-0.1, -0.05) is 12.1 Å². The summed E-state index contributed by atoms with van der Waals surface area (Å²) < 4.78 is 30.7. The molecule has 1 saturated heterocycles. The van der Waals surface area contributed by atoms with E-state index in [2.05, 4.69) is 15.6 Å². The van der Waals surface area contributed by atoms with Crippen molar-refractivity contribution in [2.24, 2.45) is 4.99 Å². The fourth-order valence-electron chi connectivity index (χ4n) is 3.64. The summed E-state index contributed by atoms with van der Waals surface area (Å²) in [6, 6.07) is 11.3. The topological polar surface area (TPSA) is 67.4 Å². The number of hydrogen-bond acceptors (Lipinski definition) is 5. The lowest BCUT2D eigenvalue weighted by atomic mass is 10.1. The maximum atomic E-state index is 14.6. The zero-order valence-electron chi connectivity index (χ0n) is 17.8. The molecule has 8 heteroatoms. The number of nitrogens with one attached hydrogen (secondary N) is 2. The number of morpholine rings is 1. The van der Waals surface area contributed by atoms with Crippen LogP contribution in [0.15, 0.2) is 41.4 Å². The highest BCUT2D eigenvalue weighted by Gasteiger charge is 2.15. The van der Waals surface area contributed by atoms with Gasteiger partial charge in [-0.2, -0.15) is 0 Å². The zero-order valence-corrected chi connectivity index (χ0v) is 17.8. The average Bonchev–Trinajstić information content (AvgIpc) is 3.26. The van der Waals surface area contributed by atoms with Crippen LogP contribution >= 0.6 is 0 Å². The van der Waals surface area contributed by atoms with Gasteiger partial charge in [0.1, 0.15) is 5.82 Å². The van der Waals surface area contributed by atoms with Crippen LogP contribution in [0, 0.1) is 5.82 Å². The molecule has 0 amide bonds. The van der Waals surface area contributed by atoms with E-state index in [1.807, 2.05) is 42.2 Å². The first kappa shape index (κ1) is 21.2. The number of guanidine groups is 1. The summed E-state index contributed by atoms with van der Waals surface area (Å²) in [4.78, 5) is 6.63. The predicted octanol–water partition coefficient (Wildman–Crippen LogP) is 2.69. The Hall–Kier alpha value is -3.00. The van der Waals surface area contributed by atoms with E-state index in [0.717, 1.165) is 42.1 Å². The van der Waals surface area contributed by atoms with E-state index >= 15 is 0 Å². The molecule has 0 spiro atoms. The van der Waals surface area contributed by atoms with Crippen molar-refractivity contribution >= 4 is 11.6 Å². The number of ether oxygens (including phenoxy) is 3. The van der Waals surface area contributed by atoms with Gasteiger partial charge in [0.25, 0.3) is 0 Å². The van der Waals surface area contributed by atoms with Crippen LogP contribution in [0.5, 0.6) is 11.5 Å². The van der Waals surface area contributed by atoms with Gasteiger partial charge in [-0.15, -0.1) is 0 Å². The second-order valence-corrected chi connectivity index (χ2v) is 7.44. The van der Waals surface area contributed by atoms with Crippen LogP contribution in [-0.4, -0.2) is 52.1 Å². The smallest absolute Gasteiger partial charge is 0.231 e. The summed E-state index contributed by atoms with van der Waals surface area (Å²) in [7, 11) is 0. The Bertz CT molecular complexity index is 916. The van der Waals surface area contributed by atoms with E-state index in [9.17, 15) is 4.39 Å². The second kappa shape index (κ2) is 10.3. The zero-order chi connectivity index (χ0) is 21.5. The summed E-state index contributed by atoms with van der Waals surface area (Å²) in [6.07, 6.45) is 0.823. The highest BCUT2D eigenvalue weighted by molar-refractivity contribution is 5.79. The molecule has 31 heavy (non-hydrogen) atoms. The third kappa shape index (κ3) is 5.58. The number of nitrogens with zero attached hydrogens (tertiary/aromatic N) is 2. The van der Waals surface area contributed by atoms with Crippen molar-refractivity contribution in [2.75, 3.05) is 51.1 Å².